The van der Waals surface area contributed by atoms with Crippen molar-refractivity contribution in [3.63, 3.8) is 0 Å². The summed E-state index contributed by atoms with van der Waals surface area (Å²) in [4.78, 5) is 13.7. The number of ether oxygens (including phenoxy) is 1. The highest BCUT2D eigenvalue weighted by molar-refractivity contribution is 9.10. The van der Waals surface area contributed by atoms with Gasteiger partial charge in [0.2, 0.25) is 0 Å². The van der Waals surface area contributed by atoms with Crippen molar-refractivity contribution >= 4 is 21.9 Å². The molecular weight excluding hydrogens is 294 g/mol. The molecule has 0 radical (unpaired) electrons. The Balaban J connectivity index is 2.58. The summed E-state index contributed by atoms with van der Waals surface area (Å²) in [5.74, 6) is -0.182. The minimum Gasteiger partial charge on any atom is -0.469 e. The maximum atomic E-state index is 11.5. The molecule has 0 heterocycles. The van der Waals surface area contributed by atoms with Crippen LogP contribution < -0.4 is 0 Å². The first-order valence-corrected chi connectivity index (χ1v) is 6.87. The smallest absolute Gasteiger partial charge is 0.309 e. The van der Waals surface area contributed by atoms with E-state index in [1.165, 1.54) is 12.7 Å². The molecule has 4 heteroatoms. The molecule has 0 aliphatic heterocycles. The van der Waals surface area contributed by atoms with Crippen LogP contribution in [0.4, 0.5) is 0 Å². The fourth-order valence-electron chi connectivity index (χ4n) is 1.90. The molecule has 0 fully saturated rings. The van der Waals surface area contributed by atoms with E-state index in [2.05, 4.69) is 26.9 Å². The molecule has 1 aromatic rings. The van der Waals surface area contributed by atoms with Crippen molar-refractivity contribution in [3.8, 4) is 0 Å². The lowest BCUT2D eigenvalue weighted by Gasteiger charge is -2.22. The molecule has 100 valence electrons. The number of nitrogens with zero attached hydrogens (tertiary/aromatic N) is 1. The Kier molecular flexibility index (Phi) is 6.36. The Labute approximate surface area is 117 Å². The van der Waals surface area contributed by atoms with Crippen LogP contribution in [0.2, 0.25) is 0 Å². The number of esters is 1. The Morgan fingerprint density at radius 3 is 2.67 bits per heavy atom. The SMILES string of the molecule is CCC(CN(C)Cc1ccccc1Br)C(=O)OC. The first kappa shape index (κ1) is 15.2. The van der Waals surface area contributed by atoms with Crippen molar-refractivity contribution in [2.45, 2.75) is 19.9 Å². The molecule has 1 rings (SSSR count). The number of benzene rings is 1. The number of carbonyl (C=O) groups excluding carboxylic acids is 1. The van der Waals surface area contributed by atoms with Gasteiger partial charge >= 0.3 is 5.97 Å². The van der Waals surface area contributed by atoms with Crippen LogP contribution in [0.5, 0.6) is 0 Å². The number of hydrogen-bond acceptors (Lipinski definition) is 3. The molecule has 18 heavy (non-hydrogen) atoms. The van der Waals surface area contributed by atoms with Gasteiger partial charge in [-0.2, -0.15) is 0 Å². The molecule has 0 spiro atoms. The first-order chi connectivity index (χ1) is 8.58. The van der Waals surface area contributed by atoms with Crippen LogP contribution >= 0.6 is 15.9 Å². The summed E-state index contributed by atoms with van der Waals surface area (Å²) in [6, 6.07) is 8.13. The van der Waals surface area contributed by atoms with Crippen molar-refractivity contribution < 1.29 is 9.53 Å². The second kappa shape index (κ2) is 7.54. The molecule has 0 aliphatic rings. The van der Waals surface area contributed by atoms with Crippen LogP contribution in [0.25, 0.3) is 0 Å². The molecule has 1 aromatic carbocycles. The summed E-state index contributed by atoms with van der Waals surface area (Å²) >= 11 is 3.53. The Morgan fingerprint density at radius 1 is 1.44 bits per heavy atom. The van der Waals surface area contributed by atoms with Gasteiger partial charge in [0.1, 0.15) is 0 Å². The molecule has 1 unspecified atom stereocenters. The highest BCUT2D eigenvalue weighted by Crippen LogP contribution is 2.18. The lowest BCUT2D eigenvalue weighted by Crippen LogP contribution is -2.30. The van der Waals surface area contributed by atoms with Crippen LogP contribution in [0.1, 0.15) is 18.9 Å². The fourth-order valence-corrected chi connectivity index (χ4v) is 2.31. The van der Waals surface area contributed by atoms with E-state index in [1.807, 2.05) is 32.2 Å². The van der Waals surface area contributed by atoms with E-state index in [4.69, 9.17) is 4.74 Å². The maximum Gasteiger partial charge on any atom is 0.309 e. The predicted octanol–water partition coefficient (Wildman–Crippen LogP) is 3.08. The Morgan fingerprint density at radius 2 is 2.11 bits per heavy atom. The van der Waals surface area contributed by atoms with E-state index in [-0.39, 0.29) is 11.9 Å². The largest absolute Gasteiger partial charge is 0.469 e. The minimum atomic E-state index is -0.128. The summed E-state index contributed by atoms with van der Waals surface area (Å²) in [5.41, 5.74) is 1.22. The van der Waals surface area contributed by atoms with Crippen LogP contribution in [0, 0.1) is 5.92 Å². The number of carbonyl (C=O) groups is 1. The van der Waals surface area contributed by atoms with Gasteiger partial charge in [0, 0.05) is 17.6 Å². The maximum absolute atomic E-state index is 11.5. The lowest BCUT2D eigenvalue weighted by atomic mass is 10.1. The zero-order valence-electron chi connectivity index (χ0n) is 11.1. The molecule has 0 N–H and O–H groups in total. The number of rotatable bonds is 6. The molecule has 0 saturated heterocycles. The van der Waals surface area contributed by atoms with Gasteiger partial charge in [-0.05, 0) is 25.1 Å². The summed E-state index contributed by atoms with van der Waals surface area (Å²) < 4.78 is 5.90. The van der Waals surface area contributed by atoms with Crippen molar-refractivity contribution in [1.82, 2.24) is 4.90 Å². The Hall–Kier alpha value is -0.870. The van der Waals surface area contributed by atoms with Gasteiger partial charge < -0.3 is 9.64 Å². The Bertz CT molecular complexity index is 395. The van der Waals surface area contributed by atoms with E-state index in [1.54, 1.807) is 0 Å². The monoisotopic (exact) mass is 313 g/mol. The number of halogens is 1. The van der Waals surface area contributed by atoms with Crippen LogP contribution in [-0.4, -0.2) is 31.6 Å². The molecule has 0 saturated carbocycles. The highest BCUT2D eigenvalue weighted by atomic mass is 79.9. The third-order valence-corrected chi connectivity index (χ3v) is 3.73. The normalized spacial score (nSPS) is 12.5. The predicted molar refractivity (Wildman–Crippen MR) is 76.3 cm³/mol. The zero-order valence-corrected chi connectivity index (χ0v) is 12.7. The van der Waals surface area contributed by atoms with Crippen molar-refractivity contribution in [3.05, 3.63) is 34.3 Å². The lowest BCUT2D eigenvalue weighted by molar-refractivity contribution is -0.146. The quantitative estimate of drug-likeness (QED) is 0.756. The van der Waals surface area contributed by atoms with Crippen LogP contribution in [-0.2, 0) is 16.1 Å². The first-order valence-electron chi connectivity index (χ1n) is 6.08. The number of methoxy groups -OCH3 is 1. The summed E-state index contributed by atoms with van der Waals surface area (Å²) in [7, 11) is 3.46. The average molecular weight is 314 g/mol. The third kappa shape index (κ3) is 4.42. The van der Waals surface area contributed by atoms with E-state index in [9.17, 15) is 4.79 Å². The average Bonchev–Trinajstić information content (AvgIpc) is 2.37. The van der Waals surface area contributed by atoms with Gasteiger partial charge in [-0.15, -0.1) is 0 Å². The highest BCUT2D eigenvalue weighted by Gasteiger charge is 2.19. The van der Waals surface area contributed by atoms with Crippen molar-refractivity contribution in [2.24, 2.45) is 5.92 Å². The van der Waals surface area contributed by atoms with Gasteiger partial charge in [-0.1, -0.05) is 41.1 Å². The zero-order chi connectivity index (χ0) is 13.5. The van der Waals surface area contributed by atoms with Crippen molar-refractivity contribution in [2.75, 3.05) is 20.7 Å². The second-order valence-corrected chi connectivity index (χ2v) is 5.27. The summed E-state index contributed by atoms with van der Waals surface area (Å²) in [5, 5.41) is 0. The third-order valence-electron chi connectivity index (χ3n) is 2.96. The van der Waals surface area contributed by atoms with E-state index in [0.717, 1.165) is 17.4 Å². The van der Waals surface area contributed by atoms with Crippen LogP contribution in [0.15, 0.2) is 28.7 Å². The molecule has 3 nitrogen and oxygen atoms in total. The second-order valence-electron chi connectivity index (χ2n) is 4.42. The van der Waals surface area contributed by atoms with E-state index >= 15 is 0 Å². The van der Waals surface area contributed by atoms with Gasteiger partial charge in [-0.3, -0.25) is 4.79 Å². The number of hydrogen-bond donors (Lipinski definition) is 0. The molecule has 0 bridgehead atoms. The molecule has 0 aromatic heterocycles. The topological polar surface area (TPSA) is 29.5 Å². The van der Waals surface area contributed by atoms with Gasteiger partial charge in [0.25, 0.3) is 0 Å². The summed E-state index contributed by atoms with van der Waals surface area (Å²) in [6.07, 6.45) is 0.799. The summed E-state index contributed by atoms with van der Waals surface area (Å²) in [6.45, 7) is 3.54. The fraction of sp³-hybridized carbons (Fsp3) is 0.500. The van der Waals surface area contributed by atoms with Gasteiger partial charge in [0.15, 0.2) is 0 Å². The van der Waals surface area contributed by atoms with Crippen LogP contribution in [0.3, 0.4) is 0 Å². The van der Waals surface area contributed by atoms with Crippen molar-refractivity contribution in [1.29, 1.82) is 0 Å². The van der Waals surface area contributed by atoms with Gasteiger partial charge in [0.05, 0.1) is 13.0 Å². The van der Waals surface area contributed by atoms with E-state index < -0.39 is 0 Å². The standard InChI is InChI=1S/C14H20BrNO2/c1-4-11(14(17)18-3)9-16(2)10-12-7-5-6-8-13(12)15/h5-8,11H,4,9-10H2,1-3H3. The molecule has 1 atom stereocenters. The molecule has 0 amide bonds. The van der Waals surface area contributed by atoms with Gasteiger partial charge in [-0.25, -0.2) is 0 Å². The molecule has 0 aliphatic carbocycles. The minimum absolute atomic E-state index is 0.0533. The van der Waals surface area contributed by atoms with E-state index in [0.29, 0.717) is 6.54 Å². The molecular formula is C14H20BrNO2.